The topological polar surface area (TPSA) is 0 Å². The summed E-state index contributed by atoms with van der Waals surface area (Å²) < 4.78 is 0. The summed E-state index contributed by atoms with van der Waals surface area (Å²) in [6, 6.07) is 10.0. The van der Waals surface area contributed by atoms with Gasteiger partial charge in [-0.2, -0.15) is 18.2 Å². The van der Waals surface area contributed by atoms with Crippen molar-refractivity contribution in [1.82, 2.24) is 0 Å². The molecule has 0 fully saturated rings. The first-order valence-electron chi connectivity index (χ1n) is 3.88. The summed E-state index contributed by atoms with van der Waals surface area (Å²) in [4.78, 5) is 0. The molecule has 0 atom stereocenters. The largest absolute Gasteiger partial charge is 2.00 e. The van der Waals surface area contributed by atoms with Gasteiger partial charge in [-0.3, -0.25) is 0 Å². The van der Waals surface area contributed by atoms with Crippen molar-refractivity contribution in [3.63, 3.8) is 0 Å². The fraction of sp³-hybridized carbons (Fsp3) is 0.167. The van der Waals surface area contributed by atoms with Crippen molar-refractivity contribution in [2.75, 3.05) is 0 Å². The van der Waals surface area contributed by atoms with E-state index >= 15 is 0 Å². The van der Waals surface area contributed by atoms with Crippen molar-refractivity contribution in [3.8, 4) is 0 Å². The third kappa shape index (κ3) is 7.69. The summed E-state index contributed by atoms with van der Waals surface area (Å²) in [6.45, 7) is 2.14. The van der Waals surface area contributed by atoms with Gasteiger partial charge in [0.05, 0.1) is 0 Å². The van der Waals surface area contributed by atoms with Crippen LogP contribution < -0.4 is 0 Å². The zero-order valence-corrected chi connectivity index (χ0v) is 9.20. The van der Waals surface area contributed by atoms with E-state index in [4.69, 9.17) is 0 Å². The molecule has 1 heteroatoms. The van der Waals surface area contributed by atoms with Crippen molar-refractivity contribution in [3.05, 3.63) is 61.6 Å². The van der Waals surface area contributed by atoms with Crippen LogP contribution in [-0.2, 0) is 16.8 Å². The Labute approximate surface area is 91.9 Å². The van der Waals surface area contributed by atoms with Gasteiger partial charge in [-0.15, -0.1) is 0 Å². The minimum absolute atomic E-state index is 0. The van der Waals surface area contributed by atoms with Crippen molar-refractivity contribution in [1.29, 1.82) is 0 Å². The molecular weight excluding hydrogens is 203 g/mol. The molecule has 0 saturated heterocycles. The number of allylic oxidation sites excluding steroid dienone is 4. The van der Waals surface area contributed by atoms with Crippen molar-refractivity contribution in [2.24, 2.45) is 0 Å². The van der Waals surface area contributed by atoms with Gasteiger partial charge in [0.15, 0.2) is 0 Å². The van der Waals surface area contributed by atoms with Crippen molar-refractivity contribution >= 4 is 0 Å². The first-order valence-corrected chi connectivity index (χ1v) is 3.88. The molecular formula is C12H16Co. The molecule has 0 aliphatic heterocycles. The summed E-state index contributed by atoms with van der Waals surface area (Å²) in [5, 5.41) is 0. The van der Waals surface area contributed by atoms with E-state index in [-0.39, 0.29) is 24.2 Å². The van der Waals surface area contributed by atoms with Crippen molar-refractivity contribution < 1.29 is 16.8 Å². The van der Waals surface area contributed by atoms with E-state index in [0.29, 0.717) is 0 Å². The summed E-state index contributed by atoms with van der Waals surface area (Å²) in [5.74, 6) is 0. The second kappa shape index (κ2) is 9.42. The van der Waals surface area contributed by atoms with E-state index < -0.39 is 0 Å². The molecule has 0 saturated carbocycles. The Hall–Kier alpha value is -0.664. The average Bonchev–Trinajstić information content (AvgIpc) is 2.57. The van der Waals surface area contributed by atoms with Crippen LogP contribution in [-0.4, -0.2) is 0 Å². The molecule has 0 spiro atoms. The molecule has 1 aromatic carbocycles. The molecule has 0 aromatic heterocycles. The maximum atomic E-state index is 2.16. The SMILES string of the molecule is CC1=CC=CC1.[CH3-].[Co+2].c1cc[cH-]c1. The maximum Gasteiger partial charge on any atom is 2.00 e. The zero-order valence-electron chi connectivity index (χ0n) is 8.16. The van der Waals surface area contributed by atoms with E-state index in [1.54, 1.807) is 0 Å². The van der Waals surface area contributed by atoms with Gasteiger partial charge in [-0.25, -0.2) is 12.1 Å². The van der Waals surface area contributed by atoms with Crippen LogP contribution in [0.5, 0.6) is 0 Å². The minimum atomic E-state index is 0. The Bertz CT molecular complexity index is 212. The van der Waals surface area contributed by atoms with E-state index in [1.165, 1.54) is 12.0 Å². The van der Waals surface area contributed by atoms with E-state index in [1.807, 2.05) is 30.3 Å². The molecule has 0 bridgehead atoms. The third-order valence-corrected chi connectivity index (χ3v) is 1.51. The maximum absolute atomic E-state index is 2.16. The first-order chi connectivity index (χ1) is 5.39. The molecule has 1 aliphatic rings. The predicted molar refractivity (Wildman–Crippen MR) is 56.0 cm³/mol. The molecule has 1 aromatic rings. The molecule has 0 N–H and O–H groups in total. The Kier molecular flexibility index (Phi) is 10.8. The van der Waals surface area contributed by atoms with Crippen LogP contribution in [0.3, 0.4) is 0 Å². The molecule has 0 unspecified atom stereocenters. The molecule has 1 aliphatic carbocycles. The second-order valence-electron chi connectivity index (χ2n) is 2.61. The molecule has 0 heterocycles. The fourth-order valence-electron chi connectivity index (χ4n) is 0.875. The smallest absolute Gasteiger partial charge is 0.358 e. The van der Waals surface area contributed by atoms with Crippen LogP contribution in [0.15, 0.2) is 54.1 Å². The first kappa shape index (κ1) is 14.8. The third-order valence-electron chi connectivity index (χ3n) is 1.51. The summed E-state index contributed by atoms with van der Waals surface area (Å²) in [5.41, 5.74) is 1.47. The van der Waals surface area contributed by atoms with Gasteiger partial charge < -0.3 is 7.43 Å². The average molecular weight is 219 g/mol. The van der Waals surface area contributed by atoms with Gasteiger partial charge in [-0.1, -0.05) is 23.8 Å². The quantitative estimate of drug-likeness (QED) is 0.583. The molecule has 0 amide bonds. The van der Waals surface area contributed by atoms with Crippen LogP contribution in [0.25, 0.3) is 0 Å². The molecule has 2 rings (SSSR count). The van der Waals surface area contributed by atoms with Gasteiger partial charge >= 0.3 is 16.8 Å². The van der Waals surface area contributed by atoms with Gasteiger partial charge in [-0.05, 0) is 13.3 Å². The Morgan fingerprint density at radius 1 is 1.23 bits per heavy atom. The van der Waals surface area contributed by atoms with Crippen LogP contribution >= 0.6 is 0 Å². The summed E-state index contributed by atoms with van der Waals surface area (Å²) >= 11 is 0. The minimum Gasteiger partial charge on any atom is -0.358 e. The number of hydrogen-bond acceptors (Lipinski definition) is 0. The molecule has 1 radical (unpaired) electrons. The predicted octanol–water partition coefficient (Wildman–Crippen LogP) is 3.75. The monoisotopic (exact) mass is 219 g/mol. The summed E-state index contributed by atoms with van der Waals surface area (Å²) in [7, 11) is 0. The van der Waals surface area contributed by atoms with Gasteiger partial charge in [0.2, 0.25) is 0 Å². The van der Waals surface area contributed by atoms with Crippen LogP contribution in [0.4, 0.5) is 0 Å². The molecule has 73 valence electrons. The number of hydrogen-bond donors (Lipinski definition) is 0. The van der Waals surface area contributed by atoms with Crippen LogP contribution in [0.2, 0.25) is 0 Å². The standard InChI is InChI=1S/C6H8.C5H5.CH3.Co/c1-6-4-2-3-5-6;1-2-4-5-3-1;;/h2-4H,5H2,1H3;1-5H;1H3;/q;2*-1;+2. The molecule has 0 nitrogen and oxygen atoms in total. The summed E-state index contributed by atoms with van der Waals surface area (Å²) in [6.07, 6.45) is 7.56. The second-order valence-corrected chi connectivity index (χ2v) is 2.61. The normalized spacial score (nSPS) is 11.6. The Balaban J connectivity index is 0. The van der Waals surface area contributed by atoms with E-state index in [2.05, 4.69) is 25.2 Å². The van der Waals surface area contributed by atoms with E-state index in [0.717, 1.165) is 0 Å². The van der Waals surface area contributed by atoms with Gasteiger partial charge in [0.1, 0.15) is 0 Å². The zero-order chi connectivity index (χ0) is 7.94. The Morgan fingerprint density at radius 2 is 1.85 bits per heavy atom. The van der Waals surface area contributed by atoms with Crippen LogP contribution in [0, 0.1) is 7.43 Å². The van der Waals surface area contributed by atoms with Gasteiger partial charge in [0.25, 0.3) is 0 Å². The Morgan fingerprint density at radius 3 is 2.00 bits per heavy atom. The molecule has 13 heavy (non-hydrogen) atoms. The van der Waals surface area contributed by atoms with Gasteiger partial charge in [0, 0.05) is 0 Å². The fourth-order valence-corrected chi connectivity index (χ4v) is 0.875. The number of rotatable bonds is 0. The van der Waals surface area contributed by atoms with Crippen molar-refractivity contribution in [2.45, 2.75) is 13.3 Å². The van der Waals surface area contributed by atoms with E-state index in [9.17, 15) is 0 Å². The van der Waals surface area contributed by atoms with Crippen LogP contribution in [0.1, 0.15) is 13.3 Å².